The van der Waals surface area contributed by atoms with Gasteiger partial charge in [-0.3, -0.25) is 9.78 Å². The lowest BCUT2D eigenvalue weighted by atomic mass is 9.99. The van der Waals surface area contributed by atoms with Gasteiger partial charge in [-0.2, -0.15) is 5.10 Å². The molecule has 3 atom stereocenters. The molecule has 6 heterocycles. The Morgan fingerprint density at radius 1 is 1.31 bits per heavy atom. The third-order valence-corrected chi connectivity index (χ3v) is 5.47. The van der Waals surface area contributed by atoms with Crippen molar-refractivity contribution in [2.24, 2.45) is 5.73 Å². The Labute approximate surface area is 151 Å². The smallest absolute Gasteiger partial charge is 0.223 e. The Balaban J connectivity index is 1.57. The highest BCUT2D eigenvalue weighted by molar-refractivity contribution is 5.91. The van der Waals surface area contributed by atoms with Gasteiger partial charge in [0.25, 0.3) is 0 Å². The van der Waals surface area contributed by atoms with E-state index in [1.54, 1.807) is 0 Å². The van der Waals surface area contributed by atoms with E-state index in [-0.39, 0.29) is 18.6 Å². The summed E-state index contributed by atoms with van der Waals surface area (Å²) in [5, 5.41) is 5.91. The van der Waals surface area contributed by atoms with Gasteiger partial charge >= 0.3 is 0 Å². The van der Waals surface area contributed by atoms with Crippen molar-refractivity contribution in [2.75, 3.05) is 24.6 Å². The average Bonchev–Trinajstić information content (AvgIpc) is 3.00. The number of carbonyl (C=O) groups is 1. The van der Waals surface area contributed by atoms with Crippen LogP contribution >= 0.6 is 0 Å². The Morgan fingerprint density at radius 3 is 2.81 bits per heavy atom. The fraction of sp³-hybridized carbons (Fsp3) is 0.611. The molecule has 3 unspecified atom stereocenters. The Hall–Kier alpha value is -2.19. The second-order valence-electron chi connectivity index (χ2n) is 7.45. The number of hydrogen-bond acceptors (Lipinski definition) is 6. The topological polar surface area (TPSA) is 95.5 Å². The predicted molar refractivity (Wildman–Crippen MR) is 94.8 cm³/mol. The molecule has 6 rings (SSSR count). The zero-order valence-electron chi connectivity index (χ0n) is 14.6. The molecule has 1 amide bonds. The van der Waals surface area contributed by atoms with E-state index in [1.165, 1.54) is 0 Å². The van der Waals surface area contributed by atoms with Gasteiger partial charge in [0.05, 0.1) is 35.2 Å². The molecule has 2 N–H and O–H groups in total. The van der Waals surface area contributed by atoms with Gasteiger partial charge in [0.15, 0.2) is 12.0 Å². The van der Waals surface area contributed by atoms with E-state index in [1.807, 2.05) is 16.9 Å². The standard InChI is InChI=1S/C18H23N5O3/c19-16(24)6-11-5-15-14(8-20-11)18(22-9-12-7-13(10-22)26-12)21-23(15)17-3-1-2-4-25-17/h5,8,12-13,17H,1-4,6-7,9-10H2,(H2,19,24). The van der Waals surface area contributed by atoms with Crippen LogP contribution in [0.25, 0.3) is 10.9 Å². The van der Waals surface area contributed by atoms with E-state index in [0.29, 0.717) is 17.9 Å². The van der Waals surface area contributed by atoms with Gasteiger partial charge in [-0.1, -0.05) is 0 Å². The molecule has 138 valence electrons. The number of morpholine rings is 1. The van der Waals surface area contributed by atoms with Crippen molar-refractivity contribution >= 4 is 22.6 Å². The highest BCUT2D eigenvalue weighted by Crippen LogP contribution is 2.36. The fourth-order valence-electron chi connectivity index (χ4n) is 4.23. The summed E-state index contributed by atoms with van der Waals surface area (Å²) in [4.78, 5) is 18.0. The van der Waals surface area contributed by atoms with Crippen LogP contribution in [0.3, 0.4) is 0 Å². The number of aromatic nitrogens is 3. The molecule has 0 saturated carbocycles. The van der Waals surface area contributed by atoms with Gasteiger partial charge in [0.2, 0.25) is 5.91 Å². The van der Waals surface area contributed by atoms with Crippen molar-refractivity contribution < 1.29 is 14.3 Å². The summed E-state index contributed by atoms with van der Waals surface area (Å²) in [6.07, 6.45) is 6.79. The van der Waals surface area contributed by atoms with E-state index in [4.69, 9.17) is 20.3 Å². The van der Waals surface area contributed by atoms with E-state index in [9.17, 15) is 4.79 Å². The molecule has 26 heavy (non-hydrogen) atoms. The van der Waals surface area contributed by atoms with Gasteiger partial charge in [-0.05, 0) is 25.3 Å². The molecule has 4 aliphatic rings. The quantitative estimate of drug-likeness (QED) is 0.881. The van der Waals surface area contributed by atoms with Crippen molar-refractivity contribution in [1.29, 1.82) is 0 Å². The van der Waals surface area contributed by atoms with Gasteiger partial charge < -0.3 is 20.1 Å². The first-order chi connectivity index (χ1) is 12.7. The largest absolute Gasteiger partial charge is 0.371 e. The number of carbonyl (C=O) groups excluding carboxylic acids is 1. The number of hydrogen-bond donors (Lipinski definition) is 1. The van der Waals surface area contributed by atoms with Crippen LogP contribution in [-0.4, -0.2) is 52.6 Å². The number of nitrogens with zero attached hydrogens (tertiary/aromatic N) is 4. The zero-order chi connectivity index (χ0) is 17.7. The molecule has 4 aliphatic heterocycles. The van der Waals surface area contributed by atoms with Crippen molar-refractivity contribution in [3.63, 3.8) is 0 Å². The number of fused-ring (bicyclic) bond motifs is 3. The van der Waals surface area contributed by atoms with E-state index in [2.05, 4.69) is 9.88 Å². The molecule has 8 nitrogen and oxygen atoms in total. The zero-order valence-corrected chi connectivity index (χ0v) is 14.6. The van der Waals surface area contributed by atoms with Crippen LogP contribution in [0.5, 0.6) is 0 Å². The first-order valence-corrected chi connectivity index (χ1v) is 9.35. The average molecular weight is 357 g/mol. The molecule has 0 radical (unpaired) electrons. The van der Waals surface area contributed by atoms with Gasteiger partial charge in [0, 0.05) is 32.3 Å². The normalized spacial score (nSPS) is 28.2. The highest BCUT2D eigenvalue weighted by Gasteiger charge is 2.40. The summed E-state index contributed by atoms with van der Waals surface area (Å²) in [7, 11) is 0. The van der Waals surface area contributed by atoms with Crippen LogP contribution in [0.15, 0.2) is 12.3 Å². The van der Waals surface area contributed by atoms with Gasteiger partial charge in [-0.15, -0.1) is 0 Å². The second-order valence-corrected chi connectivity index (χ2v) is 7.45. The first kappa shape index (κ1) is 16.0. The van der Waals surface area contributed by atoms with Crippen LogP contribution in [0.2, 0.25) is 0 Å². The number of ether oxygens (including phenoxy) is 2. The number of amides is 1. The monoisotopic (exact) mass is 357 g/mol. The molecule has 0 aliphatic carbocycles. The van der Waals surface area contributed by atoms with Crippen molar-refractivity contribution in [1.82, 2.24) is 14.8 Å². The minimum absolute atomic E-state index is 0.0700. The molecular formula is C18H23N5O3. The van der Waals surface area contributed by atoms with Crippen molar-refractivity contribution in [3.8, 4) is 0 Å². The van der Waals surface area contributed by atoms with Crippen LogP contribution < -0.4 is 10.6 Å². The van der Waals surface area contributed by atoms with E-state index >= 15 is 0 Å². The number of piperidine rings is 1. The summed E-state index contributed by atoms with van der Waals surface area (Å²) in [5.41, 5.74) is 6.97. The molecule has 0 spiro atoms. The minimum atomic E-state index is -0.384. The maximum Gasteiger partial charge on any atom is 0.223 e. The molecular weight excluding hydrogens is 334 g/mol. The summed E-state index contributed by atoms with van der Waals surface area (Å²) in [5.74, 6) is 0.552. The summed E-state index contributed by atoms with van der Waals surface area (Å²) < 4.78 is 13.7. The highest BCUT2D eigenvalue weighted by atomic mass is 16.5. The Morgan fingerprint density at radius 2 is 2.12 bits per heavy atom. The number of pyridine rings is 1. The first-order valence-electron chi connectivity index (χ1n) is 9.35. The Kier molecular flexibility index (Phi) is 3.82. The van der Waals surface area contributed by atoms with Crippen LogP contribution in [-0.2, 0) is 20.7 Å². The summed E-state index contributed by atoms with van der Waals surface area (Å²) in [6.45, 7) is 2.47. The van der Waals surface area contributed by atoms with Crippen molar-refractivity contribution in [2.45, 2.75) is 50.5 Å². The summed E-state index contributed by atoms with van der Waals surface area (Å²) >= 11 is 0. The lowest BCUT2D eigenvalue weighted by molar-refractivity contribution is -0.133. The molecule has 2 aromatic heterocycles. The van der Waals surface area contributed by atoms with Crippen LogP contribution in [0.1, 0.15) is 37.6 Å². The van der Waals surface area contributed by atoms with Gasteiger partial charge in [0.1, 0.15) is 0 Å². The second kappa shape index (κ2) is 6.21. The number of nitrogens with two attached hydrogens (primary N) is 1. The number of anilines is 1. The number of rotatable bonds is 4. The SMILES string of the molecule is NC(=O)Cc1cc2c(cn1)c(N1CC3CC(C1)O3)nn2C1CCCCO1. The van der Waals surface area contributed by atoms with E-state index < -0.39 is 0 Å². The van der Waals surface area contributed by atoms with Crippen LogP contribution in [0, 0.1) is 0 Å². The molecule has 2 bridgehead atoms. The maximum atomic E-state index is 11.3. The minimum Gasteiger partial charge on any atom is -0.371 e. The third-order valence-electron chi connectivity index (χ3n) is 5.47. The van der Waals surface area contributed by atoms with Gasteiger partial charge in [-0.25, -0.2) is 4.68 Å². The molecule has 2 aromatic rings. The fourth-order valence-corrected chi connectivity index (χ4v) is 4.23. The summed E-state index contributed by atoms with van der Waals surface area (Å²) in [6, 6.07) is 1.93. The molecule has 0 aromatic carbocycles. The lowest BCUT2D eigenvalue weighted by Gasteiger charge is -2.47. The third kappa shape index (κ3) is 2.73. The number of primary amides is 1. The van der Waals surface area contributed by atoms with Crippen molar-refractivity contribution in [3.05, 3.63) is 18.0 Å². The maximum absolute atomic E-state index is 11.3. The molecule has 4 saturated heterocycles. The van der Waals surface area contributed by atoms with Crippen LogP contribution in [0.4, 0.5) is 5.82 Å². The van der Waals surface area contributed by atoms with E-state index in [0.717, 1.165) is 62.1 Å². The molecule has 8 heteroatoms. The predicted octanol–water partition coefficient (Wildman–Crippen LogP) is 1.14. The lowest BCUT2D eigenvalue weighted by Crippen LogP contribution is -2.57. The molecule has 4 fully saturated rings. The Bertz CT molecular complexity index is 829.